The van der Waals surface area contributed by atoms with E-state index in [1.807, 2.05) is 0 Å². The van der Waals surface area contributed by atoms with Crippen molar-refractivity contribution in [2.75, 3.05) is 39.6 Å². The number of carbonyl (C=O) groups is 3. The molecule has 0 bridgehead atoms. The maximum atomic E-state index is 12.9. The fourth-order valence-electron chi connectivity index (χ4n) is 9.63. The van der Waals surface area contributed by atoms with Gasteiger partial charge in [0, 0.05) is 19.3 Å². The van der Waals surface area contributed by atoms with E-state index >= 15 is 0 Å². The molecule has 0 aliphatic carbocycles. The third-order valence-electron chi connectivity index (χ3n) is 15.2. The van der Waals surface area contributed by atoms with Gasteiger partial charge in [0.05, 0.1) is 26.4 Å². The van der Waals surface area contributed by atoms with Crippen molar-refractivity contribution in [3.8, 4) is 0 Å². The Hall–Kier alpha value is -3.53. The quantitative estimate of drug-likeness (QED) is 0.0146. The summed E-state index contributed by atoms with van der Waals surface area (Å²) in [5.41, 5.74) is 0. The van der Waals surface area contributed by atoms with Gasteiger partial charge >= 0.3 is 33.6 Å². The van der Waals surface area contributed by atoms with E-state index in [0.717, 1.165) is 141 Å². The van der Waals surface area contributed by atoms with Gasteiger partial charge in [-0.2, -0.15) is 0 Å². The molecule has 0 amide bonds. The van der Waals surface area contributed by atoms with Gasteiger partial charge in [0.1, 0.15) is 25.4 Å². The van der Waals surface area contributed by atoms with Gasteiger partial charge in [-0.25, -0.2) is 9.13 Å². The molecule has 93 heavy (non-hydrogen) atoms. The lowest BCUT2D eigenvalue weighted by molar-refractivity contribution is -0.161. The minimum atomic E-state index is -4.93. The van der Waals surface area contributed by atoms with Gasteiger partial charge in [-0.15, -0.1) is 0 Å². The summed E-state index contributed by atoms with van der Waals surface area (Å²) in [5, 5.41) is 20.6. The molecule has 0 radical (unpaired) electrons. The van der Waals surface area contributed by atoms with Gasteiger partial charge in [-0.1, -0.05) is 266 Å². The highest BCUT2D eigenvalue weighted by molar-refractivity contribution is 7.47. The van der Waals surface area contributed by atoms with Crippen molar-refractivity contribution in [3.63, 3.8) is 0 Å². The minimum Gasteiger partial charge on any atom is -0.463 e. The van der Waals surface area contributed by atoms with E-state index < -0.39 is 91.5 Å². The van der Waals surface area contributed by atoms with Crippen molar-refractivity contribution in [1.29, 1.82) is 0 Å². The summed E-state index contributed by atoms with van der Waals surface area (Å²) in [6.07, 6.45) is 76.3. The van der Waals surface area contributed by atoms with Crippen molar-refractivity contribution >= 4 is 33.6 Å². The monoisotopic (exact) mass is 1350 g/mol. The van der Waals surface area contributed by atoms with Gasteiger partial charge in [0.2, 0.25) is 0 Å². The zero-order valence-electron chi connectivity index (χ0n) is 58.4. The van der Waals surface area contributed by atoms with Crippen molar-refractivity contribution in [2.24, 2.45) is 0 Å². The van der Waals surface area contributed by atoms with Crippen molar-refractivity contribution in [3.05, 3.63) is 97.2 Å². The minimum absolute atomic E-state index is 0.0854. The van der Waals surface area contributed by atoms with Gasteiger partial charge in [0.25, 0.3) is 0 Å². The number of ether oxygens (including phenoxy) is 3. The van der Waals surface area contributed by atoms with Gasteiger partial charge in [0.15, 0.2) is 6.10 Å². The smallest absolute Gasteiger partial charge is 0.463 e. The van der Waals surface area contributed by atoms with Crippen LogP contribution < -0.4 is 0 Å². The number of phosphoric ester groups is 2. The Morgan fingerprint density at radius 2 is 0.559 bits per heavy atom. The maximum Gasteiger partial charge on any atom is 0.472 e. The second-order valence-corrected chi connectivity index (χ2v) is 27.3. The Balaban J connectivity index is 4.38. The maximum absolute atomic E-state index is 12.9. The molecule has 0 saturated heterocycles. The number of rotatable bonds is 69. The largest absolute Gasteiger partial charge is 0.472 e. The Morgan fingerprint density at radius 1 is 0.301 bits per heavy atom. The van der Waals surface area contributed by atoms with Crippen LogP contribution in [0.1, 0.15) is 303 Å². The van der Waals surface area contributed by atoms with Gasteiger partial charge in [-0.05, 0) is 116 Å². The molecule has 5 unspecified atom stereocenters. The molecule has 0 spiro atoms. The first-order chi connectivity index (χ1) is 45.2. The third-order valence-corrected chi connectivity index (χ3v) is 17.1. The van der Waals surface area contributed by atoms with Crippen LogP contribution in [0.4, 0.5) is 0 Å². The summed E-state index contributed by atoms with van der Waals surface area (Å²) >= 11 is 0. The van der Waals surface area contributed by atoms with Crippen LogP contribution in [0.15, 0.2) is 97.2 Å². The topological polar surface area (TPSA) is 231 Å². The number of esters is 3. The average Bonchev–Trinajstić information content (AvgIpc) is 3.75. The summed E-state index contributed by atoms with van der Waals surface area (Å²) in [6, 6.07) is 0. The Labute approximate surface area is 565 Å². The molecule has 0 rings (SSSR count). The zero-order valence-corrected chi connectivity index (χ0v) is 60.2. The standard InChI is InChI=1S/C75H132O16P2/c1-4-7-10-13-16-19-22-25-26-27-28-29-30-31-32-33-34-35-36-37-38-39-40-41-42-45-47-49-52-55-58-61-73(78)85-64-70(76)65-87-92(81,82)88-66-71(77)67-89-93(83,84)90-69-72(91-75(80)63-60-57-54-51-48-44-24-21-18-15-12-9-6-3)68-86-74(79)62-59-56-53-50-46-43-23-20-17-14-11-8-5-2/h11-12,14-16,19-21,23-26,28-29,31-32,70-72,76-77H,4-10,13,17-18,22,27,30,33-69H2,1-3H3,(H,81,82)(H,83,84)/b14-11-,15-12-,19-16-,23-20-,24-21-,26-25-,29-28-,32-31-. The third kappa shape index (κ3) is 69.6. The first kappa shape index (κ1) is 89.5. The molecule has 0 aliphatic rings. The Morgan fingerprint density at radius 3 is 0.892 bits per heavy atom. The first-order valence-corrected chi connectivity index (χ1v) is 39.5. The molecule has 0 aliphatic heterocycles. The molecular formula is C75H132O16P2. The fraction of sp³-hybridized carbons (Fsp3) is 0.747. The Kier molecular flexibility index (Phi) is 65.8. The van der Waals surface area contributed by atoms with Crippen LogP contribution >= 0.6 is 15.6 Å². The SMILES string of the molecule is CCC/C=C\C/C=C\CCCCCCCC(=O)OCC(COP(=O)(O)OCC(O)COP(=O)(O)OCC(O)COC(=O)CCCCCCCCCCCCCCCCC/C=C\C/C=C\C/C=C\C/C=C\CCCCC)OC(=O)CCCCCCC/C=C\C/C=C\CCC. The van der Waals surface area contributed by atoms with E-state index in [1.54, 1.807) is 0 Å². The number of carbonyl (C=O) groups excluding carboxylic acids is 3. The van der Waals surface area contributed by atoms with E-state index in [4.69, 9.17) is 32.3 Å². The lowest BCUT2D eigenvalue weighted by Gasteiger charge is -2.21. The highest BCUT2D eigenvalue weighted by atomic mass is 31.2. The zero-order chi connectivity index (χ0) is 68.1. The number of hydrogen-bond donors (Lipinski definition) is 4. The van der Waals surface area contributed by atoms with Gasteiger partial charge < -0.3 is 34.2 Å². The fourth-order valence-corrected chi connectivity index (χ4v) is 11.2. The van der Waals surface area contributed by atoms with Crippen LogP contribution in [0.2, 0.25) is 0 Å². The lowest BCUT2D eigenvalue weighted by atomic mass is 10.0. The number of phosphoric acid groups is 2. The molecule has 18 heteroatoms. The molecule has 0 fully saturated rings. The molecular weight excluding hydrogens is 1220 g/mol. The molecule has 0 aromatic heterocycles. The van der Waals surface area contributed by atoms with Crippen LogP contribution in [-0.4, -0.2) is 95.9 Å². The van der Waals surface area contributed by atoms with E-state index in [1.165, 1.54) is 103 Å². The van der Waals surface area contributed by atoms with Crippen LogP contribution in [0.25, 0.3) is 0 Å². The lowest BCUT2D eigenvalue weighted by Crippen LogP contribution is -2.30. The number of aliphatic hydroxyl groups excluding tert-OH is 2. The molecule has 538 valence electrons. The molecule has 5 atom stereocenters. The highest BCUT2D eigenvalue weighted by Gasteiger charge is 2.29. The van der Waals surface area contributed by atoms with Crippen LogP contribution in [0.5, 0.6) is 0 Å². The molecule has 16 nitrogen and oxygen atoms in total. The Bertz CT molecular complexity index is 2080. The number of hydrogen-bond acceptors (Lipinski definition) is 14. The van der Waals surface area contributed by atoms with Crippen molar-refractivity contribution in [2.45, 2.75) is 322 Å². The van der Waals surface area contributed by atoms with Crippen LogP contribution in [-0.2, 0) is 55.8 Å². The van der Waals surface area contributed by atoms with Gasteiger partial charge in [-0.3, -0.25) is 32.5 Å². The summed E-state index contributed by atoms with van der Waals surface area (Å²) in [4.78, 5) is 58.3. The second kappa shape index (κ2) is 68.4. The molecule has 4 N–H and O–H groups in total. The van der Waals surface area contributed by atoms with Crippen LogP contribution in [0, 0.1) is 0 Å². The van der Waals surface area contributed by atoms with E-state index in [2.05, 4.69) is 118 Å². The normalized spacial score (nSPS) is 14.7. The predicted molar refractivity (Wildman–Crippen MR) is 381 cm³/mol. The summed E-state index contributed by atoms with van der Waals surface area (Å²) < 4.78 is 60.8. The van der Waals surface area contributed by atoms with Crippen molar-refractivity contribution in [1.82, 2.24) is 0 Å². The summed E-state index contributed by atoms with van der Waals surface area (Å²) in [7, 11) is -9.78. The van der Waals surface area contributed by atoms with Crippen molar-refractivity contribution < 1.29 is 75.8 Å². The number of aliphatic hydroxyl groups is 2. The average molecular weight is 1350 g/mol. The molecule has 0 saturated carbocycles. The van der Waals surface area contributed by atoms with E-state index in [0.29, 0.717) is 19.3 Å². The molecule has 0 heterocycles. The number of unbranched alkanes of at least 4 members (excludes halogenated alkanes) is 30. The van der Waals surface area contributed by atoms with E-state index in [-0.39, 0.29) is 19.3 Å². The summed E-state index contributed by atoms with van der Waals surface area (Å²) in [6.45, 7) is 2.48. The second-order valence-electron chi connectivity index (χ2n) is 24.4. The van der Waals surface area contributed by atoms with Crippen LogP contribution in [0.3, 0.4) is 0 Å². The molecule has 0 aromatic carbocycles. The predicted octanol–water partition coefficient (Wildman–Crippen LogP) is 20.6. The number of allylic oxidation sites excluding steroid dienone is 16. The first-order valence-electron chi connectivity index (χ1n) is 36.5. The summed E-state index contributed by atoms with van der Waals surface area (Å²) in [5.74, 6) is -1.60. The highest BCUT2D eigenvalue weighted by Crippen LogP contribution is 2.45. The van der Waals surface area contributed by atoms with E-state index in [9.17, 15) is 43.5 Å². The molecule has 0 aromatic rings.